The lowest BCUT2D eigenvalue weighted by Gasteiger charge is -2.13. The molecule has 1 aromatic rings. The predicted octanol–water partition coefficient (Wildman–Crippen LogP) is 1.95. The van der Waals surface area contributed by atoms with E-state index in [1.807, 2.05) is 0 Å². The third-order valence-electron chi connectivity index (χ3n) is 1.85. The molecule has 0 aromatic heterocycles. The van der Waals surface area contributed by atoms with Gasteiger partial charge < -0.3 is 9.64 Å². The highest BCUT2D eigenvalue weighted by Crippen LogP contribution is 2.13. The van der Waals surface area contributed by atoms with Crippen molar-refractivity contribution < 1.29 is 13.9 Å². The Hall–Kier alpha value is -1.84. The molecule has 0 saturated heterocycles. The molecule has 0 aliphatic heterocycles. The zero-order chi connectivity index (χ0) is 11.3. The Morgan fingerprint density at radius 3 is 2.87 bits per heavy atom. The maximum absolute atomic E-state index is 12.9. The molecule has 0 radical (unpaired) electrons. The molecule has 0 saturated carbocycles. The van der Waals surface area contributed by atoms with Crippen LogP contribution in [0.2, 0.25) is 0 Å². The Labute approximate surface area is 87.8 Å². The van der Waals surface area contributed by atoms with Gasteiger partial charge in [0.15, 0.2) is 0 Å². The summed E-state index contributed by atoms with van der Waals surface area (Å²) in [4.78, 5) is 12.4. The van der Waals surface area contributed by atoms with Crippen molar-refractivity contribution in [2.45, 2.75) is 0 Å². The molecule has 0 spiro atoms. The normalized spacial score (nSPS) is 10.3. The Balaban J connectivity index is 2.73. The Morgan fingerprint density at radius 1 is 1.53 bits per heavy atom. The Bertz CT molecular complexity index is 377. The number of nitrogens with zero attached hydrogens (tertiary/aromatic N) is 1. The lowest BCUT2D eigenvalue weighted by atomic mass is 10.3. The van der Waals surface area contributed by atoms with Crippen LogP contribution in [0.25, 0.3) is 0 Å². The molecule has 4 heteroatoms. The van der Waals surface area contributed by atoms with Gasteiger partial charge in [-0.05, 0) is 18.2 Å². The zero-order valence-electron chi connectivity index (χ0n) is 8.61. The van der Waals surface area contributed by atoms with Crippen molar-refractivity contribution >= 4 is 11.7 Å². The molecule has 0 heterocycles. The minimum absolute atomic E-state index is 0.314. The van der Waals surface area contributed by atoms with Crippen molar-refractivity contribution in [3.05, 3.63) is 42.4 Å². The second kappa shape index (κ2) is 5.14. The fourth-order valence-electron chi connectivity index (χ4n) is 1.02. The number of halogens is 1. The fraction of sp³-hybridized carbons (Fsp3) is 0.182. The summed E-state index contributed by atoms with van der Waals surface area (Å²) in [7, 11) is 3.02. The summed E-state index contributed by atoms with van der Waals surface area (Å²) in [6, 6.07) is 6.08. The summed E-state index contributed by atoms with van der Waals surface area (Å²) in [5.74, 6) is -0.760. The quantitative estimate of drug-likeness (QED) is 0.563. The molecule has 1 aromatic carbocycles. The first-order chi connectivity index (χ1) is 7.13. The number of esters is 1. The van der Waals surface area contributed by atoms with Crippen molar-refractivity contribution in [1.29, 1.82) is 0 Å². The molecular formula is C11H12FNO2. The van der Waals surface area contributed by atoms with Crippen LogP contribution in [0, 0.1) is 5.82 Å². The van der Waals surface area contributed by atoms with E-state index in [2.05, 4.69) is 4.74 Å². The molecule has 80 valence electrons. The van der Waals surface area contributed by atoms with E-state index in [0.29, 0.717) is 5.69 Å². The number of ether oxygens (including phenoxy) is 1. The molecule has 0 unspecified atom stereocenters. The van der Waals surface area contributed by atoms with Gasteiger partial charge in [-0.15, -0.1) is 0 Å². The molecule has 1 rings (SSSR count). The van der Waals surface area contributed by atoms with Gasteiger partial charge in [0.25, 0.3) is 0 Å². The maximum atomic E-state index is 12.9. The van der Waals surface area contributed by atoms with E-state index in [9.17, 15) is 9.18 Å². The van der Waals surface area contributed by atoms with Gasteiger partial charge in [0.1, 0.15) is 5.82 Å². The van der Waals surface area contributed by atoms with Crippen molar-refractivity contribution in [3.8, 4) is 0 Å². The minimum atomic E-state index is -0.446. The summed E-state index contributed by atoms with van der Waals surface area (Å²) in [6.07, 6.45) is 2.78. The highest BCUT2D eigenvalue weighted by Gasteiger charge is 1.99. The molecule has 0 amide bonds. The Kier molecular flexibility index (Phi) is 3.85. The van der Waals surface area contributed by atoms with Crippen molar-refractivity contribution in [3.63, 3.8) is 0 Å². The molecular weight excluding hydrogens is 197 g/mol. The summed E-state index contributed by atoms with van der Waals surface area (Å²) in [5, 5.41) is 0. The number of rotatable bonds is 3. The standard InChI is InChI=1S/C11H12FNO2/c1-13(7-6-11(14)15-2)10-5-3-4-9(12)8-10/h3-8H,1-2H3. The second-order valence-electron chi connectivity index (χ2n) is 2.93. The SMILES string of the molecule is COC(=O)C=CN(C)c1cccc(F)c1. The van der Waals surface area contributed by atoms with Gasteiger partial charge in [0.05, 0.1) is 7.11 Å². The van der Waals surface area contributed by atoms with Gasteiger partial charge >= 0.3 is 5.97 Å². The topological polar surface area (TPSA) is 29.5 Å². The lowest BCUT2D eigenvalue weighted by molar-refractivity contribution is -0.134. The molecule has 0 atom stereocenters. The third-order valence-corrected chi connectivity index (χ3v) is 1.85. The van der Waals surface area contributed by atoms with E-state index < -0.39 is 5.97 Å². The molecule has 3 nitrogen and oxygen atoms in total. The first-order valence-electron chi connectivity index (χ1n) is 4.38. The van der Waals surface area contributed by atoms with Crippen molar-refractivity contribution in [1.82, 2.24) is 0 Å². The molecule has 0 bridgehead atoms. The number of carbonyl (C=O) groups is 1. The van der Waals surface area contributed by atoms with E-state index in [1.165, 1.54) is 31.5 Å². The van der Waals surface area contributed by atoms with E-state index in [-0.39, 0.29) is 5.82 Å². The van der Waals surface area contributed by atoms with Crippen LogP contribution < -0.4 is 4.90 Å². The zero-order valence-corrected chi connectivity index (χ0v) is 8.61. The van der Waals surface area contributed by atoms with Crippen LogP contribution in [-0.2, 0) is 9.53 Å². The van der Waals surface area contributed by atoms with Crippen LogP contribution in [0.5, 0.6) is 0 Å². The Morgan fingerprint density at radius 2 is 2.27 bits per heavy atom. The number of hydrogen-bond donors (Lipinski definition) is 0. The van der Waals surface area contributed by atoms with Crippen LogP contribution in [0.4, 0.5) is 10.1 Å². The van der Waals surface area contributed by atoms with Crippen LogP contribution in [-0.4, -0.2) is 20.1 Å². The van der Waals surface area contributed by atoms with Gasteiger partial charge in [0, 0.05) is 25.0 Å². The first kappa shape index (κ1) is 11.2. The van der Waals surface area contributed by atoms with Gasteiger partial charge in [-0.1, -0.05) is 6.07 Å². The summed E-state index contributed by atoms with van der Waals surface area (Å²) < 4.78 is 17.3. The van der Waals surface area contributed by atoms with Crippen LogP contribution in [0.1, 0.15) is 0 Å². The molecule has 0 N–H and O–H groups in total. The van der Waals surface area contributed by atoms with E-state index >= 15 is 0 Å². The van der Waals surface area contributed by atoms with Gasteiger partial charge in [-0.2, -0.15) is 0 Å². The summed E-state index contributed by atoms with van der Waals surface area (Å²) in [5.41, 5.74) is 0.662. The summed E-state index contributed by atoms with van der Waals surface area (Å²) >= 11 is 0. The maximum Gasteiger partial charge on any atom is 0.331 e. The fourth-order valence-corrected chi connectivity index (χ4v) is 1.02. The minimum Gasteiger partial charge on any atom is -0.466 e. The monoisotopic (exact) mass is 209 g/mol. The third kappa shape index (κ3) is 3.42. The van der Waals surface area contributed by atoms with E-state index in [0.717, 1.165) is 0 Å². The van der Waals surface area contributed by atoms with E-state index in [1.54, 1.807) is 24.1 Å². The van der Waals surface area contributed by atoms with Crippen molar-refractivity contribution in [2.75, 3.05) is 19.1 Å². The van der Waals surface area contributed by atoms with Gasteiger partial charge in [0.2, 0.25) is 0 Å². The van der Waals surface area contributed by atoms with E-state index in [4.69, 9.17) is 0 Å². The molecule has 15 heavy (non-hydrogen) atoms. The van der Waals surface area contributed by atoms with Gasteiger partial charge in [-0.3, -0.25) is 0 Å². The van der Waals surface area contributed by atoms with Crippen molar-refractivity contribution in [2.24, 2.45) is 0 Å². The number of methoxy groups -OCH3 is 1. The van der Waals surface area contributed by atoms with Crippen LogP contribution in [0.3, 0.4) is 0 Å². The number of hydrogen-bond acceptors (Lipinski definition) is 3. The smallest absolute Gasteiger partial charge is 0.331 e. The highest BCUT2D eigenvalue weighted by molar-refractivity contribution is 5.82. The second-order valence-corrected chi connectivity index (χ2v) is 2.93. The van der Waals surface area contributed by atoms with Gasteiger partial charge in [-0.25, -0.2) is 9.18 Å². The lowest BCUT2D eigenvalue weighted by Crippen LogP contribution is -2.09. The van der Waals surface area contributed by atoms with Crippen LogP contribution >= 0.6 is 0 Å². The molecule has 0 aliphatic carbocycles. The van der Waals surface area contributed by atoms with Crippen LogP contribution in [0.15, 0.2) is 36.5 Å². The predicted molar refractivity (Wildman–Crippen MR) is 56.0 cm³/mol. The number of carbonyl (C=O) groups excluding carboxylic acids is 1. The largest absolute Gasteiger partial charge is 0.466 e. The number of anilines is 1. The molecule has 0 fully saturated rings. The molecule has 0 aliphatic rings. The average Bonchev–Trinajstić information content (AvgIpc) is 2.25. The highest BCUT2D eigenvalue weighted by atomic mass is 19.1. The number of benzene rings is 1. The average molecular weight is 209 g/mol. The summed E-state index contributed by atoms with van der Waals surface area (Å²) in [6.45, 7) is 0. The first-order valence-corrected chi connectivity index (χ1v) is 4.38.